The Morgan fingerprint density at radius 1 is 1.30 bits per heavy atom. The van der Waals surface area contributed by atoms with Gasteiger partial charge in [-0.25, -0.2) is 13.9 Å². The number of carbonyl (C=O) groups is 2. The second kappa shape index (κ2) is 11.3. The molecular formula is C28H33FN8O3. The van der Waals surface area contributed by atoms with Crippen LogP contribution in [-0.4, -0.2) is 68.2 Å². The Morgan fingerprint density at radius 3 is 2.70 bits per heavy atom. The van der Waals surface area contributed by atoms with Crippen molar-refractivity contribution in [3.63, 3.8) is 0 Å². The van der Waals surface area contributed by atoms with E-state index in [2.05, 4.69) is 26.7 Å². The lowest BCUT2D eigenvalue weighted by molar-refractivity contribution is 0.0945. The highest BCUT2D eigenvalue weighted by atomic mass is 19.1. The normalized spacial score (nSPS) is 15.4. The van der Waals surface area contributed by atoms with Crippen LogP contribution in [0.1, 0.15) is 60.8 Å². The molecule has 0 radical (unpaired) electrons. The van der Waals surface area contributed by atoms with Crippen LogP contribution in [0, 0.1) is 24.1 Å². The van der Waals surface area contributed by atoms with Crippen molar-refractivity contribution in [1.82, 2.24) is 30.2 Å². The lowest BCUT2D eigenvalue weighted by Crippen LogP contribution is -2.48. The number of likely N-dealkylation sites (N-methyl/N-ethyl adjacent to an activating group) is 1. The van der Waals surface area contributed by atoms with Gasteiger partial charge in [0.05, 0.1) is 35.2 Å². The number of piperidine rings is 1. The zero-order chi connectivity index (χ0) is 29.2. The summed E-state index contributed by atoms with van der Waals surface area (Å²) < 4.78 is 17.5. The maximum Gasteiger partial charge on any atom is 0.407 e. The first-order valence-corrected chi connectivity index (χ1v) is 13.0. The van der Waals surface area contributed by atoms with Gasteiger partial charge >= 0.3 is 6.09 Å². The van der Waals surface area contributed by atoms with Crippen molar-refractivity contribution in [3.8, 4) is 17.2 Å². The predicted octanol–water partition coefficient (Wildman–Crippen LogP) is 3.92. The van der Waals surface area contributed by atoms with Gasteiger partial charge in [0.1, 0.15) is 11.9 Å². The molecule has 1 aliphatic heterocycles. The van der Waals surface area contributed by atoms with Crippen LogP contribution in [0.4, 0.5) is 14.9 Å². The van der Waals surface area contributed by atoms with Crippen LogP contribution in [0.25, 0.3) is 11.1 Å². The molecule has 2 amide bonds. The molecule has 210 valence electrons. The van der Waals surface area contributed by atoms with Crippen LogP contribution in [0.5, 0.6) is 0 Å². The van der Waals surface area contributed by atoms with Crippen LogP contribution in [0.3, 0.4) is 0 Å². The molecule has 2 aromatic heterocycles. The van der Waals surface area contributed by atoms with Gasteiger partial charge in [-0.05, 0) is 51.7 Å². The Balaban J connectivity index is 1.61. The average Bonchev–Trinajstić information content (AvgIpc) is 3.44. The molecule has 0 bridgehead atoms. The number of carboxylic acid groups (broad SMARTS) is 1. The van der Waals surface area contributed by atoms with E-state index in [4.69, 9.17) is 0 Å². The highest BCUT2D eigenvalue weighted by Crippen LogP contribution is 2.37. The second-order valence-electron chi connectivity index (χ2n) is 10.9. The van der Waals surface area contributed by atoms with Crippen LogP contribution < -0.4 is 10.2 Å². The number of pyridine rings is 1. The quantitative estimate of drug-likeness (QED) is 0.472. The number of anilines is 1. The van der Waals surface area contributed by atoms with Crippen molar-refractivity contribution < 1.29 is 19.1 Å². The monoisotopic (exact) mass is 548 g/mol. The van der Waals surface area contributed by atoms with Gasteiger partial charge in [-0.3, -0.25) is 9.78 Å². The molecule has 12 heteroatoms. The van der Waals surface area contributed by atoms with Crippen LogP contribution >= 0.6 is 0 Å². The largest absolute Gasteiger partial charge is 0.465 e. The third-order valence-corrected chi connectivity index (χ3v) is 7.25. The van der Waals surface area contributed by atoms with Crippen LogP contribution in [0.2, 0.25) is 0 Å². The minimum atomic E-state index is -1.01. The van der Waals surface area contributed by atoms with Gasteiger partial charge in [0.2, 0.25) is 0 Å². The topological polar surface area (TPSA) is 140 Å². The predicted molar refractivity (Wildman–Crippen MR) is 146 cm³/mol. The molecule has 0 aliphatic carbocycles. The molecule has 0 spiro atoms. The fourth-order valence-electron chi connectivity index (χ4n) is 4.77. The number of benzene rings is 1. The first kappa shape index (κ1) is 28.5. The third-order valence-electron chi connectivity index (χ3n) is 7.25. The standard InChI is InChI=1S/C28H33FN8O3/c1-17-18(13-32-26(38)22-16-37(34-33-22)28(2,3)4)8-9-21(25(17)29)24-19(11-30)12-31-14-23(24)36-10-6-7-20(15-36)35(5)27(39)40/h8-9,12,14,16,20H,6-7,10,13,15H2,1-5H3,(H,32,38)(H,39,40)/t20-/m1/s1. The van der Waals surface area contributed by atoms with E-state index < -0.39 is 17.8 Å². The SMILES string of the molecule is Cc1c(CNC(=O)c2cn(C(C)(C)C)nn2)ccc(-c2c(C#N)cncc2N2CCC[C@@H](N(C)C(=O)O)C2)c1F. The minimum absolute atomic E-state index is 0.0773. The van der Waals surface area contributed by atoms with Crippen molar-refractivity contribution >= 4 is 17.7 Å². The first-order valence-electron chi connectivity index (χ1n) is 13.0. The van der Waals surface area contributed by atoms with Gasteiger partial charge in [-0.1, -0.05) is 17.3 Å². The summed E-state index contributed by atoms with van der Waals surface area (Å²) >= 11 is 0. The van der Waals surface area contributed by atoms with Gasteiger partial charge in [-0.15, -0.1) is 5.10 Å². The van der Waals surface area contributed by atoms with Gasteiger partial charge in [0, 0.05) is 44.0 Å². The summed E-state index contributed by atoms with van der Waals surface area (Å²) in [5.74, 6) is -0.931. The van der Waals surface area contributed by atoms with Crippen LogP contribution in [0.15, 0.2) is 30.7 Å². The number of nitrogens with zero attached hydrogens (tertiary/aromatic N) is 7. The minimum Gasteiger partial charge on any atom is -0.465 e. The Morgan fingerprint density at radius 2 is 2.05 bits per heavy atom. The number of aromatic nitrogens is 4. The lowest BCUT2D eigenvalue weighted by Gasteiger charge is -2.38. The number of halogens is 1. The smallest absolute Gasteiger partial charge is 0.407 e. The van der Waals surface area contributed by atoms with Gasteiger partial charge < -0.3 is 20.2 Å². The molecule has 1 aliphatic rings. The summed E-state index contributed by atoms with van der Waals surface area (Å²) in [4.78, 5) is 31.6. The van der Waals surface area contributed by atoms with Gasteiger partial charge in [0.15, 0.2) is 5.69 Å². The van der Waals surface area contributed by atoms with E-state index in [1.807, 2.05) is 25.7 Å². The summed E-state index contributed by atoms with van der Waals surface area (Å²) in [7, 11) is 1.54. The Bertz CT molecular complexity index is 1470. The Labute approximate surface area is 232 Å². The third kappa shape index (κ3) is 5.73. The van der Waals surface area contributed by atoms with E-state index >= 15 is 4.39 Å². The number of hydrogen-bond donors (Lipinski definition) is 2. The molecule has 1 atom stereocenters. The zero-order valence-corrected chi connectivity index (χ0v) is 23.3. The van der Waals surface area contributed by atoms with Crippen molar-refractivity contribution in [2.75, 3.05) is 25.0 Å². The maximum atomic E-state index is 15.9. The molecule has 1 saturated heterocycles. The summed E-state index contributed by atoms with van der Waals surface area (Å²) in [6, 6.07) is 5.21. The van der Waals surface area contributed by atoms with Crippen molar-refractivity contribution in [2.45, 2.75) is 58.7 Å². The maximum absolute atomic E-state index is 15.9. The molecule has 4 rings (SSSR count). The van der Waals surface area contributed by atoms with Gasteiger partial charge in [-0.2, -0.15) is 5.26 Å². The number of nitriles is 1. The van der Waals surface area contributed by atoms with E-state index in [1.54, 1.807) is 36.1 Å². The molecular weight excluding hydrogens is 515 g/mol. The number of hydrogen-bond acceptors (Lipinski definition) is 7. The van der Waals surface area contributed by atoms with Gasteiger partial charge in [0.25, 0.3) is 5.91 Å². The number of amides is 2. The molecule has 0 unspecified atom stereocenters. The molecule has 3 heterocycles. The second-order valence-corrected chi connectivity index (χ2v) is 10.9. The van der Waals surface area contributed by atoms with E-state index in [1.165, 1.54) is 18.1 Å². The Kier molecular flexibility index (Phi) is 8.04. The molecule has 40 heavy (non-hydrogen) atoms. The fraction of sp³-hybridized carbons (Fsp3) is 0.429. The van der Waals surface area contributed by atoms with E-state index in [0.717, 1.165) is 6.42 Å². The molecule has 11 nitrogen and oxygen atoms in total. The zero-order valence-electron chi connectivity index (χ0n) is 23.3. The van der Waals surface area contributed by atoms with Crippen molar-refractivity contribution in [1.29, 1.82) is 5.26 Å². The number of carbonyl (C=O) groups excluding carboxylic acids is 1. The number of nitrogens with one attached hydrogen (secondary N) is 1. The summed E-state index contributed by atoms with van der Waals surface area (Å²) in [5.41, 5.74) is 2.19. The Hall–Kier alpha value is -4.53. The first-order chi connectivity index (χ1) is 18.9. The average molecular weight is 549 g/mol. The lowest BCUT2D eigenvalue weighted by atomic mass is 9.94. The number of rotatable bonds is 6. The van der Waals surface area contributed by atoms with E-state index in [9.17, 15) is 20.0 Å². The molecule has 0 saturated carbocycles. The summed E-state index contributed by atoms with van der Waals surface area (Å²) in [6.45, 7) is 8.56. The fourth-order valence-corrected chi connectivity index (χ4v) is 4.77. The van der Waals surface area contributed by atoms with Crippen LogP contribution in [-0.2, 0) is 12.1 Å². The van der Waals surface area contributed by atoms with E-state index in [-0.39, 0.29) is 34.9 Å². The molecule has 2 N–H and O–H groups in total. The summed E-state index contributed by atoms with van der Waals surface area (Å²) in [5, 5.41) is 30.0. The molecule has 1 fully saturated rings. The van der Waals surface area contributed by atoms with E-state index in [0.29, 0.717) is 41.9 Å². The van der Waals surface area contributed by atoms with Crippen molar-refractivity contribution in [2.24, 2.45) is 0 Å². The van der Waals surface area contributed by atoms with Crippen molar-refractivity contribution in [3.05, 3.63) is 58.9 Å². The highest BCUT2D eigenvalue weighted by molar-refractivity contribution is 5.91. The highest BCUT2D eigenvalue weighted by Gasteiger charge is 2.29. The molecule has 3 aromatic rings. The summed E-state index contributed by atoms with van der Waals surface area (Å²) in [6.07, 6.45) is 4.99. The molecule has 1 aromatic carbocycles.